The van der Waals surface area contributed by atoms with Gasteiger partial charge in [-0.2, -0.15) is 5.26 Å². The average Bonchev–Trinajstić information content (AvgIpc) is 3.59. The smallest absolute Gasteiger partial charge is 0.273 e. The molecule has 2 amide bonds. The van der Waals surface area contributed by atoms with E-state index in [0.717, 1.165) is 24.2 Å². The molecule has 1 fully saturated rings. The van der Waals surface area contributed by atoms with Gasteiger partial charge in [-0.05, 0) is 25.0 Å². The minimum absolute atomic E-state index is 0.00629. The maximum Gasteiger partial charge on any atom is 0.273 e. The lowest BCUT2D eigenvalue weighted by Gasteiger charge is -2.29. The third-order valence-electron chi connectivity index (χ3n) is 5.48. The van der Waals surface area contributed by atoms with Crippen LogP contribution >= 0.6 is 0 Å². The summed E-state index contributed by atoms with van der Waals surface area (Å²) in [7, 11) is 3.41. The van der Waals surface area contributed by atoms with Crippen molar-refractivity contribution >= 4 is 34.7 Å². The van der Waals surface area contributed by atoms with E-state index < -0.39 is 5.91 Å². The number of fused-ring (bicyclic) bond motifs is 3. The SMILES string of the molecule is CNC(=O)c1nnc(NC(=O)C2CC2)cc1Nc1cccc2c1N(C)Cc1nc(C#N)nn1-2. The van der Waals surface area contributed by atoms with Crippen molar-refractivity contribution in [1.82, 2.24) is 30.3 Å². The van der Waals surface area contributed by atoms with E-state index in [2.05, 4.69) is 36.2 Å². The number of benzene rings is 1. The molecule has 2 aliphatic rings. The van der Waals surface area contributed by atoms with E-state index >= 15 is 0 Å². The number of amides is 2. The number of hydrogen-bond acceptors (Lipinski definition) is 9. The van der Waals surface area contributed by atoms with Crippen LogP contribution < -0.4 is 20.9 Å². The fourth-order valence-corrected chi connectivity index (χ4v) is 3.74. The van der Waals surface area contributed by atoms with E-state index in [1.54, 1.807) is 10.7 Å². The molecule has 0 unspecified atom stereocenters. The minimum atomic E-state index is -0.416. The first-order valence-corrected chi connectivity index (χ1v) is 10.4. The lowest BCUT2D eigenvalue weighted by Crippen LogP contribution is -2.27. The molecule has 0 atom stereocenters. The third kappa shape index (κ3) is 3.69. The molecule has 33 heavy (non-hydrogen) atoms. The van der Waals surface area contributed by atoms with Gasteiger partial charge in [-0.15, -0.1) is 15.3 Å². The summed E-state index contributed by atoms with van der Waals surface area (Å²) in [4.78, 5) is 30.8. The van der Waals surface area contributed by atoms with Crippen LogP contribution in [0.5, 0.6) is 0 Å². The van der Waals surface area contributed by atoms with Gasteiger partial charge in [0, 0.05) is 26.1 Å². The van der Waals surface area contributed by atoms with Crippen molar-refractivity contribution in [2.75, 3.05) is 29.6 Å². The lowest BCUT2D eigenvalue weighted by atomic mass is 10.1. The Bertz CT molecular complexity index is 1320. The van der Waals surface area contributed by atoms with Crippen molar-refractivity contribution < 1.29 is 9.59 Å². The fourth-order valence-electron chi connectivity index (χ4n) is 3.74. The zero-order valence-electron chi connectivity index (χ0n) is 18.0. The number of nitriles is 1. The topological polar surface area (TPSA) is 154 Å². The summed E-state index contributed by atoms with van der Waals surface area (Å²) >= 11 is 0. The van der Waals surface area contributed by atoms with Crippen molar-refractivity contribution in [2.45, 2.75) is 19.4 Å². The highest BCUT2D eigenvalue weighted by Crippen LogP contribution is 2.38. The van der Waals surface area contributed by atoms with Gasteiger partial charge in [0.05, 0.1) is 29.3 Å². The van der Waals surface area contributed by atoms with Gasteiger partial charge >= 0.3 is 0 Å². The van der Waals surface area contributed by atoms with Crippen LogP contribution in [0.4, 0.5) is 22.9 Å². The third-order valence-corrected chi connectivity index (χ3v) is 5.48. The number of nitrogens with one attached hydrogen (secondary N) is 3. The maximum absolute atomic E-state index is 12.4. The number of rotatable bonds is 5. The molecule has 3 heterocycles. The predicted octanol–water partition coefficient (Wildman–Crippen LogP) is 1.33. The van der Waals surface area contributed by atoms with Gasteiger partial charge in [0.1, 0.15) is 6.07 Å². The Labute approximate surface area is 188 Å². The second kappa shape index (κ2) is 7.86. The Morgan fingerprint density at radius 2 is 2.03 bits per heavy atom. The normalized spacial score (nSPS) is 14.0. The number of carbonyl (C=O) groups is 2. The van der Waals surface area contributed by atoms with Crippen LogP contribution in [0.15, 0.2) is 24.3 Å². The second-order valence-corrected chi connectivity index (χ2v) is 7.86. The van der Waals surface area contributed by atoms with Gasteiger partial charge in [0.2, 0.25) is 5.91 Å². The van der Waals surface area contributed by atoms with Crippen molar-refractivity contribution in [3.05, 3.63) is 41.6 Å². The van der Waals surface area contributed by atoms with Gasteiger partial charge in [0.25, 0.3) is 11.7 Å². The molecule has 12 nitrogen and oxygen atoms in total. The highest BCUT2D eigenvalue weighted by Gasteiger charge is 2.30. The van der Waals surface area contributed by atoms with E-state index in [1.807, 2.05) is 36.2 Å². The molecule has 0 radical (unpaired) electrons. The van der Waals surface area contributed by atoms with Gasteiger partial charge in [-0.25, -0.2) is 9.67 Å². The van der Waals surface area contributed by atoms with Crippen molar-refractivity contribution in [1.29, 1.82) is 5.26 Å². The summed E-state index contributed by atoms with van der Waals surface area (Å²) < 4.78 is 1.64. The quantitative estimate of drug-likeness (QED) is 0.529. The first-order valence-electron chi connectivity index (χ1n) is 10.4. The molecule has 3 N–H and O–H groups in total. The van der Waals surface area contributed by atoms with Gasteiger partial charge in [-0.1, -0.05) is 6.07 Å². The minimum Gasteiger partial charge on any atom is -0.364 e. The number of nitrogens with zero attached hydrogens (tertiary/aromatic N) is 7. The Morgan fingerprint density at radius 3 is 2.76 bits per heavy atom. The van der Waals surface area contributed by atoms with Crippen molar-refractivity contribution in [2.24, 2.45) is 5.92 Å². The van der Waals surface area contributed by atoms with Crippen LogP contribution in [0.1, 0.15) is 35.0 Å². The average molecular weight is 444 g/mol. The van der Waals surface area contributed by atoms with Crippen molar-refractivity contribution in [3.63, 3.8) is 0 Å². The number of anilines is 4. The van der Waals surface area contributed by atoms with E-state index in [9.17, 15) is 14.9 Å². The number of hydrogen-bond donors (Lipinski definition) is 3. The molecule has 0 saturated heterocycles. The number of para-hydroxylation sites is 1. The summed E-state index contributed by atoms with van der Waals surface area (Å²) in [6, 6.07) is 9.14. The Hall–Kier alpha value is -4.53. The molecule has 2 aromatic heterocycles. The van der Waals surface area contributed by atoms with Crippen LogP contribution in [-0.2, 0) is 11.3 Å². The molecule has 1 aliphatic heterocycles. The zero-order chi connectivity index (χ0) is 23.1. The van der Waals surface area contributed by atoms with Crippen LogP contribution in [0.3, 0.4) is 0 Å². The molecule has 12 heteroatoms. The second-order valence-electron chi connectivity index (χ2n) is 7.86. The van der Waals surface area contributed by atoms with E-state index in [-0.39, 0.29) is 29.2 Å². The Morgan fingerprint density at radius 1 is 1.21 bits per heavy atom. The predicted molar refractivity (Wildman–Crippen MR) is 118 cm³/mol. The van der Waals surface area contributed by atoms with Crippen LogP contribution in [0.2, 0.25) is 0 Å². The summed E-state index contributed by atoms with van der Waals surface area (Å²) in [6.45, 7) is 0.444. The molecule has 166 valence electrons. The van der Waals surface area contributed by atoms with E-state index in [4.69, 9.17) is 0 Å². The largest absolute Gasteiger partial charge is 0.364 e. The highest BCUT2D eigenvalue weighted by molar-refractivity contribution is 6.00. The van der Waals surface area contributed by atoms with Crippen LogP contribution in [0.25, 0.3) is 5.69 Å². The molecule has 5 rings (SSSR count). The molecular formula is C21H20N10O2. The molecule has 1 aliphatic carbocycles. The molecular weight excluding hydrogens is 424 g/mol. The van der Waals surface area contributed by atoms with Gasteiger partial charge < -0.3 is 20.9 Å². The number of aromatic nitrogens is 5. The maximum atomic E-state index is 12.4. The van der Waals surface area contributed by atoms with E-state index in [0.29, 0.717) is 23.7 Å². The Balaban J connectivity index is 1.55. The van der Waals surface area contributed by atoms with Crippen LogP contribution in [-0.4, -0.2) is 50.9 Å². The number of carbonyl (C=O) groups excluding carboxylic acids is 2. The Kier molecular flexibility index (Phi) is 4.86. The monoisotopic (exact) mass is 444 g/mol. The fraction of sp³-hybridized carbons (Fsp3) is 0.286. The van der Waals surface area contributed by atoms with E-state index in [1.165, 1.54) is 7.05 Å². The van der Waals surface area contributed by atoms with Gasteiger partial charge in [-0.3, -0.25) is 9.59 Å². The van der Waals surface area contributed by atoms with Crippen molar-refractivity contribution in [3.8, 4) is 11.8 Å². The molecule has 0 spiro atoms. The highest BCUT2D eigenvalue weighted by atomic mass is 16.2. The first-order chi connectivity index (χ1) is 16.0. The van der Waals surface area contributed by atoms with Gasteiger partial charge in [0.15, 0.2) is 17.3 Å². The summed E-state index contributed by atoms with van der Waals surface area (Å²) in [5.74, 6) is 0.498. The lowest BCUT2D eigenvalue weighted by molar-refractivity contribution is -0.117. The molecule has 1 saturated carbocycles. The zero-order valence-corrected chi connectivity index (χ0v) is 18.0. The summed E-state index contributed by atoms with van der Waals surface area (Å²) in [5.41, 5.74) is 2.71. The molecule has 3 aromatic rings. The summed E-state index contributed by atoms with van der Waals surface area (Å²) in [6.07, 6.45) is 1.72. The standard InChI is InChI=1S/C21H20N10O2/c1-23-21(33)18-13(8-15(27-28-18)26-20(32)11-6-7-11)24-12-4-3-5-14-19(12)30(2)10-17-25-16(9-22)29-31(14)17/h3-5,8,11H,6-7,10H2,1-2H3,(H,23,33)(H2,24,26,27,32). The molecule has 0 bridgehead atoms. The first kappa shape index (κ1) is 20.4. The summed E-state index contributed by atoms with van der Waals surface area (Å²) in [5, 5.41) is 30.1. The van der Waals surface area contributed by atoms with Crippen LogP contribution in [0, 0.1) is 17.2 Å². The molecule has 1 aromatic carbocycles.